The zero-order valence-corrected chi connectivity index (χ0v) is 8.24. The van der Waals surface area contributed by atoms with E-state index in [-0.39, 0.29) is 12.5 Å². The maximum Gasteiger partial charge on any atom is 0.305 e. The third-order valence-corrected chi connectivity index (χ3v) is 2.90. The van der Waals surface area contributed by atoms with E-state index in [0.29, 0.717) is 12.3 Å². The van der Waals surface area contributed by atoms with Crippen LogP contribution < -0.4 is 5.32 Å². The molecule has 1 saturated carbocycles. The molecule has 0 heterocycles. The number of nitrogens with one attached hydrogen (secondary N) is 1. The van der Waals surface area contributed by atoms with Gasteiger partial charge >= 0.3 is 5.97 Å². The van der Waals surface area contributed by atoms with Gasteiger partial charge in [0.05, 0.1) is 6.42 Å². The van der Waals surface area contributed by atoms with Crippen LogP contribution in [0, 0.1) is 5.92 Å². The van der Waals surface area contributed by atoms with Gasteiger partial charge in [-0.1, -0.05) is 19.3 Å². The van der Waals surface area contributed by atoms with Crippen molar-refractivity contribution in [3.8, 4) is 0 Å². The molecule has 0 aromatic rings. The molecule has 80 valence electrons. The van der Waals surface area contributed by atoms with Gasteiger partial charge in [0, 0.05) is 6.04 Å². The topological polar surface area (TPSA) is 66.4 Å². The number of hydrogen-bond donors (Lipinski definition) is 2. The SMILES string of the molecule is O=CNC(CC(=O)O)C1CCCCC1. The summed E-state index contributed by atoms with van der Waals surface area (Å²) in [5, 5.41) is 11.3. The van der Waals surface area contributed by atoms with Gasteiger partial charge in [0.2, 0.25) is 6.41 Å². The lowest BCUT2D eigenvalue weighted by Gasteiger charge is -2.28. The van der Waals surface area contributed by atoms with E-state index in [1.807, 2.05) is 0 Å². The smallest absolute Gasteiger partial charge is 0.305 e. The standard InChI is InChI=1S/C10H17NO3/c12-7-11-9(6-10(13)14)8-4-2-1-3-5-8/h7-9H,1-6H2,(H,11,12)(H,13,14). The highest BCUT2D eigenvalue weighted by Crippen LogP contribution is 2.27. The van der Waals surface area contributed by atoms with Crippen molar-refractivity contribution in [1.82, 2.24) is 5.32 Å². The summed E-state index contributed by atoms with van der Waals surface area (Å²) in [6.07, 6.45) is 6.28. The van der Waals surface area contributed by atoms with E-state index < -0.39 is 5.97 Å². The molecule has 4 heteroatoms. The Labute approximate surface area is 83.7 Å². The number of carbonyl (C=O) groups is 2. The monoisotopic (exact) mass is 199 g/mol. The van der Waals surface area contributed by atoms with Crippen molar-refractivity contribution >= 4 is 12.4 Å². The lowest BCUT2D eigenvalue weighted by Crippen LogP contribution is -2.38. The average molecular weight is 199 g/mol. The normalized spacial score (nSPS) is 20.0. The fourth-order valence-corrected chi connectivity index (χ4v) is 2.17. The van der Waals surface area contributed by atoms with E-state index in [4.69, 9.17) is 5.11 Å². The summed E-state index contributed by atoms with van der Waals surface area (Å²) in [5.74, 6) is -0.486. The van der Waals surface area contributed by atoms with Gasteiger partial charge in [-0.3, -0.25) is 9.59 Å². The van der Waals surface area contributed by atoms with Crippen molar-refractivity contribution in [2.75, 3.05) is 0 Å². The number of hydrogen-bond acceptors (Lipinski definition) is 2. The number of carboxylic acid groups (broad SMARTS) is 1. The first-order chi connectivity index (χ1) is 6.74. The van der Waals surface area contributed by atoms with Gasteiger partial charge in [-0.05, 0) is 18.8 Å². The van der Waals surface area contributed by atoms with Crippen LogP contribution in [0.3, 0.4) is 0 Å². The van der Waals surface area contributed by atoms with Crippen molar-refractivity contribution in [1.29, 1.82) is 0 Å². The van der Waals surface area contributed by atoms with E-state index in [1.54, 1.807) is 0 Å². The number of rotatable bonds is 5. The van der Waals surface area contributed by atoms with Crippen LogP contribution in [0.2, 0.25) is 0 Å². The lowest BCUT2D eigenvalue weighted by atomic mass is 9.83. The second kappa shape index (κ2) is 5.62. The highest BCUT2D eigenvalue weighted by atomic mass is 16.4. The summed E-state index contributed by atoms with van der Waals surface area (Å²) >= 11 is 0. The molecule has 1 atom stereocenters. The van der Waals surface area contributed by atoms with Crippen LogP contribution in [0.5, 0.6) is 0 Å². The largest absolute Gasteiger partial charge is 0.481 e. The van der Waals surface area contributed by atoms with E-state index in [1.165, 1.54) is 6.42 Å². The van der Waals surface area contributed by atoms with Crippen molar-refractivity contribution in [3.05, 3.63) is 0 Å². The molecule has 0 bridgehead atoms. The fourth-order valence-electron chi connectivity index (χ4n) is 2.17. The van der Waals surface area contributed by atoms with E-state index in [0.717, 1.165) is 25.7 Å². The maximum absolute atomic E-state index is 10.6. The summed E-state index contributed by atoms with van der Waals surface area (Å²) in [5.41, 5.74) is 0. The third-order valence-electron chi connectivity index (χ3n) is 2.90. The van der Waals surface area contributed by atoms with Crippen molar-refractivity contribution in [2.45, 2.75) is 44.6 Å². The molecule has 1 fully saturated rings. The highest BCUT2D eigenvalue weighted by molar-refractivity contribution is 5.68. The van der Waals surface area contributed by atoms with Crippen LogP contribution in [0.4, 0.5) is 0 Å². The molecule has 0 aliphatic heterocycles. The minimum absolute atomic E-state index is 0.0450. The summed E-state index contributed by atoms with van der Waals surface area (Å²) in [6, 6.07) is -0.176. The first-order valence-electron chi connectivity index (χ1n) is 5.15. The molecule has 1 rings (SSSR count). The molecule has 1 amide bonds. The fraction of sp³-hybridized carbons (Fsp3) is 0.800. The second-order valence-electron chi connectivity index (χ2n) is 3.89. The van der Waals surface area contributed by atoms with E-state index in [2.05, 4.69) is 5.32 Å². The Kier molecular flexibility index (Phi) is 4.43. The molecule has 0 spiro atoms. The Morgan fingerprint density at radius 1 is 1.43 bits per heavy atom. The van der Waals surface area contributed by atoms with Crippen LogP contribution in [0.25, 0.3) is 0 Å². The molecule has 1 aliphatic carbocycles. The van der Waals surface area contributed by atoms with Crippen molar-refractivity contribution in [2.24, 2.45) is 5.92 Å². The molecule has 0 aromatic carbocycles. The molecule has 1 aliphatic rings. The lowest BCUT2D eigenvalue weighted by molar-refractivity contribution is -0.138. The summed E-state index contributed by atoms with van der Waals surface area (Å²) in [4.78, 5) is 20.9. The minimum atomic E-state index is -0.838. The van der Waals surface area contributed by atoms with Crippen molar-refractivity contribution in [3.63, 3.8) is 0 Å². The molecular weight excluding hydrogens is 182 g/mol. The molecule has 0 aromatic heterocycles. The molecule has 4 nitrogen and oxygen atoms in total. The Morgan fingerprint density at radius 2 is 2.07 bits per heavy atom. The minimum Gasteiger partial charge on any atom is -0.481 e. The first-order valence-corrected chi connectivity index (χ1v) is 5.15. The van der Waals surface area contributed by atoms with Gasteiger partial charge < -0.3 is 10.4 Å². The number of carbonyl (C=O) groups excluding carboxylic acids is 1. The first kappa shape index (κ1) is 11.0. The number of aliphatic carboxylic acids is 1. The highest BCUT2D eigenvalue weighted by Gasteiger charge is 2.24. The Morgan fingerprint density at radius 3 is 2.57 bits per heavy atom. The average Bonchev–Trinajstić information content (AvgIpc) is 2.18. The van der Waals surface area contributed by atoms with Gasteiger partial charge in [0.25, 0.3) is 0 Å². The molecule has 2 N–H and O–H groups in total. The van der Waals surface area contributed by atoms with Gasteiger partial charge in [-0.15, -0.1) is 0 Å². The van der Waals surface area contributed by atoms with Crippen LogP contribution in [0.15, 0.2) is 0 Å². The Balaban J connectivity index is 2.46. The summed E-state index contributed by atoms with van der Waals surface area (Å²) < 4.78 is 0. The van der Waals surface area contributed by atoms with Gasteiger partial charge in [-0.2, -0.15) is 0 Å². The third kappa shape index (κ3) is 3.36. The summed E-state index contributed by atoms with van der Waals surface area (Å²) in [6.45, 7) is 0. The van der Waals surface area contributed by atoms with Gasteiger partial charge in [-0.25, -0.2) is 0 Å². The molecule has 0 saturated heterocycles. The quantitative estimate of drug-likeness (QED) is 0.653. The molecule has 1 unspecified atom stereocenters. The molecule has 0 radical (unpaired) electrons. The second-order valence-corrected chi connectivity index (χ2v) is 3.89. The Bertz CT molecular complexity index is 200. The maximum atomic E-state index is 10.6. The van der Waals surface area contributed by atoms with Crippen molar-refractivity contribution < 1.29 is 14.7 Å². The zero-order valence-electron chi connectivity index (χ0n) is 8.24. The van der Waals surface area contributed by atoms with Crippen LogP contribution >= 0.6 is 0 Å². The number of carboxylic acids is 1. The van der Waals surface area contributed by atoms with Gasteiger partial charge in [0.1, 0.15) is 0 Å². The predicted octanol–water partition coefficient (Wildman–Crippen LogP) is 1.16. The van der Waals surface area contributed by atoms with Crippen LogP contribution in [-0.4, -0.2) is 23.5 Å². The predicted molar refractivity (Wildman–Crippen MR) is 51.8 cm³/mol. The van der Waals surface area contributed by atoms with Crippen LogP contribution in [-0.2, 0) is 9.59 Å². The van der Waals surface area contributed by atoms with E-state index >= 15 is 0 Å². The van der Waals surface area contributed by atoms with Crippen LogP contribution in [0.1, 0.15) is 38.5 Å². The Hall–Kier alpha value is -1.06. The van der Waals surface area contributed by atoms with Gasteiger partial charge in [0.15, 0.2) is 0 Å². The number of amides is 1. The zero-order chi connectivity index (χ0) is 10.4. The van der Waals surface area contributed by atoms with E-state index in [9.17, 15) is 9.59 Å². The summed E-state index contributed by atoms with van der Waals surface area (Å²) in [7, 11) is 0. The molecular formula is C10H17NO3. The molecule has 14 heavy (non-hydrogen) atoms.